The maximum Gasteiger partial charge on any atom is 0.254 e. The minimum Gasteiger partial charge on any atom is -0.331 e. The van der Waals surface area contributed by atoms with Gasteiger partial charge in [0.15, 0.2) is 0 Å². The molecule has 2 heterocycles. The van der Waals surface area contributed by atoms with E-state index in [2.05, 4.69) is 40.2 Å². The van der Waals surface area contributed by atoms with Crippen LogP contribution < -0.4 is 0 Å². The molecule has 2 aliphatic heterocycles. The van der Waals surface area contributed by atoms with Crippen LogP contribution in [0.25, 0.3) is 0 Å². The molecule has 21 heavy (non-hydrogen) atoms. The molecule has 0 saturated carbocycles. The van der Waals surface area contributed by atoms with Gasteiger partial charge in [-0.15, -0.1) is 0 Å². The van der Waals surface area contributed by atoms with Crippen molar-refractivity contribution in [1.82, 2.24) is 4.90 Å². The van der Waals surface area contributed by atoms with Gasteiger partial charge in [-0.3, -0.25) is 4.79 Å². The summed E-state index contributed by atoms with van der Waals surface area (Å²) >= 11 is 9.61. The SMILES string of the molecule is O=C1c2cc(Br)c(Cl)cc2C[C@@H]2c3ccccc3CCN12. The molecular formula is C17H13BrClNO. The number of benzene rings is 2. The van der Waals surface area contributed by atoms with Crippen LogP contribution in [0.3, 0.4) is 0 Å². The van der Waals surface area contributed by atoms with E-state index in [1.54, 1.807) is 0 Å². The Labute approximate surface area is 136 Å². The largest absolute Gasteiger partial charge is 0.331 e. The zero-order valence-corrected chi connectivity index (χ0v) is 13.6. The Bertz CT molecular complexity index is 758. The number of carbonyl (C=O) groups excluding carboxylic acids is 1. The molecule has 0 bridgehead atoms. The van der Waals surface area contributed by atoms with Crippen LogP contribution in [0, 0.1) is 0 Å². The second kappa shape index (κ2) is 4.85. The topological polar surface area (TPSA) is 20.3 Å². The molecule has 0 N–H and O–H groups in total. The number of hydrogen-bond donors (Lipinski definition) is 0. The molecule has 2 aromatic rings. The van der Waals surface area contributed by atoms with Crippen molar-refractivity contribution in [2.45, 2.75) is 18.9 Å². The molecular weight excluding hydrogens is 350 g/mol. The van der Waals surface area contributed by atoms with Gasteiger partial charge in [0.05, 0.1) is 11.1 Å². The van der Waals surface area contributed by atoms with Crippen LogP contribution in [0.4, 0.5) is 0 Å². The van der Waals surface area contributed by atoms with E-state index in [1.807, 2.05) is 17.0 Å². The fraction of sp³-hybridized carbons (Fsp3) is 0.235. The summed E-state index contributed by atoms with van der Waals surface area (Å²) in [4.78, 5) is 14.8. The lowest BCUT2D eigenvalue weighted by Gasteiger charge is -2.41. The molecule has 0 spiro atoms. The quantitative estimate of drug-likeness (QED) is 0.680. The minimum absolute atomic E-state index is 0.119. The molecule has 1 amide bonds. The molecule has 4 rings (SSSR count). The lowest BCUT2D eigenvalue weighted by molar-refractivity contribution is 0.0632. The third kappa shape index (κ3) is 2.02. The molecule has 4 heteroatoms. The van der Waals surface area contributed by atoms with E-state index in [9.17, 15) is 4.79 Å². The first-order valence-electron chi connectivity index (χ1n) is 7.02. The van der Waals surface area contributed by atoms with E-state index in [1.165, 1.54) is 11.1 Å². The Hall–Kier alpha value is -1.32. The van der Waals surface area contributed by atoms with Gasteiger partial charge in [0.25, 0.3) is 5.91 Å². The summed E-state index contributed by atoms with van der Waals surface area (Å²) in [5.74, 6) is 0.119. The predicted octanol–water partition coefficient (Wildman–Crippen LogP) is 4.40. The number of halogens is 2. The van der Waals surface area contributed by atoms with Gasteiger partial charge in [0.2, 0.25) is 0 Å². The Morgan fingerprint density at radius 3 is 2.86 bits per heavy atom. The molecule has 0 radical (unpaired) electrons. The van der Waals surface area contributed by atoms with Gasteiger partial charge in [0.1, 0.15) is 0 Å². The van der Waals surface area contributed by atoms with Crippen LogP contribution in [0.2, 0.25) is 5.02 Å². The van der Waals surface area contributed by atoms with Gasteiger partial charge in [-0.05, 0) is 57.6 Å². The van der Waals surface area contributed by atoms with E-state index in [0.29, 0.717) is 5.02 Å². The van der Waals surface area contributed by atoms with Gasteiger partial charge in [-0.2, -0.15) is 0 Å². The number of amides is 1. The van der Waals surface area contributed by atoms with E-state index < -0.39 is 0 Å². The molecule has 1 atom stereocenters. The van der Waals surface area contributed by atoms with Crippen molar-refractivity contribution in [3.05, 3.63) is 68.1 Å². The second-order valence-electron chi connectivity index (χ2n) is 5.59. The van der Waals surface area contributed by atoms with E-state index in [4.69, 9.17) is 11.6 Å². The summed E-state index contributed by atoms with van der Waals surface area (Å²) in [5, 5.41) is 0.666. The van der Waals surface area contributed by atoms with Crippen molar-refractivity contribution < 1.29 is 4.79 Å². The molecule has 2 nitrogen and oxygen atoms in total. The smallest absolute Gasteiger partial charge is 0.254 e. The van der Waals surface area contributed by atoms with Gasteiger partial charge in [-0.25, -0.2) is 0 Å². The lowest BCUT2D eigenvalue weighted by atomic mass is 9.84. The summed E-state index contributed by atoms with van der Waals surface area (Å²) in [6, 6.07) is 12.4. The first kappa shape index (κ1) is 13.4. The summed E-state index contributed by atoms with van der Waals surface area (Å²) < 4.78 is 0.784. The third-order valence-electron chi connectivity index (χ3n) is 4.46. The van der Waals surface area contributed by atoms with Gasteiger partial charge >= 0.3 is 0 Å². The molecule has 106 valence electrons. The second-order valence-corrected chi connectivity index (χ2v) is 6.85. The first-order valence-corrected chi connectivity index (χ1v) is 8.19. The molecule has 0 unspecified atom stereocenters. The van der Waals surface area contributed by atoms with Crippen molar-refractivity contribution in [2.24, 2.45) is 0 Å². The summed E-state index contributed by atoms with van der Waals surface area (Å²) in [7, 11) is 0. The van der Waals surface area contributed by atoms with E-state index in [-0.39, 0.29) is 11.9 Å². The zero-order chi connectivity index (χ0) is 14.6. The normalized spacial score (nSPS) is 19.8. The Morgan fingerprint density at radius 2 is 2.00 bits per heavy atom. The number of fused-ring (bicyclic) bond motifs is 4. The van der Waals surface area contributed by atoms with Crippen LogP contribution >= 0.6 is 27.5 Å². The van der Waals surface area contributed by atoms with Crippen LogP contribution in [0.5, 0.6) is 0 Å². The molecule has 0 fully saturated rings. The lowest BCUT2D eigenvalue weighted by Crippen LogP contribution is -2.44. The number of hydrogen-bond acceptors (Lipinski definition) is 1. The average Bonchev–Trinajstić information content (AvgIpc) is 2.49. The van der Waals surface area contributed by atoms with Crippen LogP contribution in [0.15, 0.2) is 40.9 Å². The first-order chi connectivity index (χ1) is 10.1. The average molecular weight is 363 g/mol. The Balaban J connectivity index is 1.85. The van der Waals surface area contributed by atoms with Crippen molar-refractivity contribution in [3.63, 3.8) is 0 Å². The minimum atomic E-state index is 0.119. The molecule has 0 aromatic heterocycles. The fourth-order valence-corrected chi connectivity index (χ4v) is 3.96. The fourth-order valence-electron chi connectivity index (χ4n) is 3.43. The van der Waals surface area contributed by atoms with Crippen LogP contribution in [-0.4, -0.2) is 17.4 Å². The number of nitrogens with zero attached hydrogens (tertiary/aromatic N) is 1. The molecule has 0 aliphatic carbocycles. The maximum absolute atomic E-state index is 12.8. The van der Waals surface area contributed by atoms with E-state index in [0.717, 1.165) is 35.0 Å². The predicted molar refractivity (Wildman–Crippen MR) is 86.8 cm³/mol. The van der Waals surface area contributed by atoms with Gasteiger partial charge < -0.3 is 4.90 Å². The highest BCUT2D eigenvalue weighted by molar-refractivity contribution is 9.10. The Morgan fingerprint density at radius 1 is 1.19 bits per heavy atom. The highest BCUT2D eigenvalue weighted by Gasteiger charge is 2.36. The Kier molecular flexibility index (Phi) is 3.09. The monoisotopic (exact) mass is 361 g/mol. The maximum atomic E-state index is 12.8. The van der Waals surface area contributed by atoms with Crippen molar-refractivity contribution in [2.75, 3.05) is 6.54 Å². The molecule has 2 aliphatic rings. The zero-order valence-electron chi connectivity index (χ0n) is 11.3. The summed E-state index contributed by atoms with van der Waals surface area (Å²) in [6.07, 6.45) is 1.77. The van der Waals surface area contributed by atoms with Crippen molar-refractivity contribution >= 4 is 33.4 Å². The van der Waals surface area contributed by atoms with Gasteiger partial charge in [0, 0.05) is 16.6 Å². The van der Waals surface area contributed by atoms with E-state index >= 15 is 0 Å². The van der Waals surface area contributed by atoms with Crippen molar-refractivity contribution in [1.29, 1.82) is 0 Å². The molecule has 2 aromatic carbocycles. The molecule has 0 saturated heterocycles. The highest BCUT2D eigenvalue weighted by atomic mass is 79.9. The number of carbonyl (C=O) groups is 1. The standard InChI is InChI=1S/C17H13BrClNO/c18-14-9-13-11(7-15(14)19)8-16-12-4-2-1-3-10(12)5-6-20(16)17(13)21/h1-4,7,9,16H,5-6,8H2/t16-/m1/s1. The van der Waals surface area contributed by atoms with Crippen LogP contribution in [-0.2, 0) is 12.8 Å². The van der Waals surface area contributed by atoms with Crippen molar-refractivity contribution in [3.8, 4) is 0 Å². The highest BCUT2D eigenvalue weighted by Crippen LogP contribution is 2.40. The number of rotatable bonds is 0. The van der Waals surface area contributed by atoms with Crippen LogP contribution in [0.1, 0.15) is 33.1 Å². The third-order valence-corrected chi connectivity index (χ3v) is 5.66. The summed E-state index contributed by atoms with van der Waals surface area (Å²) in [6.45, 7) is 0.792. The van der Waals surface area contributed by atoms with Gasteiger partial charge in [-0.1, -0.05) is 35.9 Å². The summed E-state index contributed by atoms with van der Waals surface area (Å²) in [5.41, 5.74) is 4.47.